The van der Waals surface area contributed by atoms with E-state index in [1.807, 2.05) is 39.8 Å². The Morgan fingerprint density at radius 2 is 2.00 bits per heavy atom. The third-order valence-corrected chi connectivity index (χ3v) is 3.41. The summed E-state index contributed by atoms with van der Waals surface area (Å²) in [5.41, 5.74) is -0.457. The van der Waals surface area contributed by atoms with Crippen molar-refractivity contribution in [2.45, 2.75) is 58.3 Å². The number of hydrogen-bond donors (Lipinski definition) is 0. The van der Waals surface area contributed by atoms with E-state index >= 15 is 0 Å². The van der Waals surface area contributed by atoms with Gasteiger partial charge in [0, 0.05) is 37.8 Å². The molecule has 0 spiro atoms. The van der Waals surface area contributed by atoms with Gasteiger partial charge in [-0.3, -0.25) is 4.98 Å². The van der Waals surface area contributed by atoms with Crippen LogP contribution in [-0.4, -0.2) is 40.3 Å². The molecule has 1 amide bonds. The molecule has 21 heavy (non-hydrogen) atoms. The molecule has 0 aliphatic carbocycles. The molecule has 2 rings (SSSR count). The van der Waals surface area contributed by atoms with E-state index in [1.165, 1.54) is 0 Å². The number of nitrogens with zero attached hydrogens (tertiary/aromatic N) is 2. The number of aromatic nitrogens is 1. The largest absolute Gasteiger partial charge is 0.490 e. The summed E-state index contributed by atoms with van der Waals surface area (Å²) in [7, 11) is 0. The van der Waals surface area contributed by atoms with Gasteiger partial charge in [0.05, 0.1) is 0 Å². The topological polar surface area (TPSA) is 51.7 Å². The molecule has 5 heteroatoms. The Kier molecular flexibility index (Phi) is 4.70. The molecule has 1 aliphatic heterocycles. The second-order valence-electron chi connectivity index (χ2n) is 6.47. The van der Waals surface area contributed by atoms with E-state index in [0.29, 0.717) is 6.54 Å². The predicted octanol–water partition coefficient (Wildman–Crippen LogP) is 3.25. The number of carbonyl (C=O) groups excluding carboxylic acids is 1. The SMILES string of the molecule is C[C@H]1C[C@H](Oc2ccncc2)CCN1C(=O)OC(C)(C)C. The van der Waals surface area contributed by atoms with E-state index in [2.05, 4.69) is 4.98 Å². The number of pyridine rings is 1. The maximum absolute atomic E-state index is 12.1. The Morgan fingerprint density at radius 3 is 2.57 bits per heavy atom. The molecular formula is C16H24N2O3. The van der Waals surface area contributed by atoms with Crippen LogP contribution in [0.4, 0.5) is 4.79 Å². The fraction of sp³-hybridized carbons (Fsp3) is 0.625. The number of carbonyl (C=O) groups is 1. The van der Waals surface area contributed by atoms with E-state index in [0.717, 1.165) is 18.6 Å². The molecular weight excluding hydrogens is 268 g/mol. The van der Waals surface area contributed by atoms with Crippen LogP contribution >= 0.6 is 0 Å². The van der Waals surface area contributed by atoms with Crippen molar-refractivity contribution in [3.05, 3.63) is 24.5 Å². The minimum absolute atomic E-state index is 0.112. The summed E-state index contributed by atoms with van der Waals surface area (Å²) < 4.78 is 11.4. The maximum atomic E-state index is 12.1. The highest BCUT2D eigenvalue weighted by Crippen LogP contribution is 2.24. The van der Waals surface area contributed by atoms with Crippen molar-refractivity contribution in [1.29, 1.82) is 0 Å². The van der Waals surface area contributed by atoms with Gasteiger partial charge in [-0.1, -0.05) is 0 Å². The van der Waals surface area contributed by atoms with E-state index in [9.17, 15) is 4.79 Å². The number of piperidine rings is 1. The molecule has 0 N–H and O–H groups in total. The van der Waals surface area contributed by atoms with Gasteiger partial charge < -0.3 is 14.4 Å². The van der Waals surface area contributed by atoms with Crippen molar-refractivity contribution >= 4 is 6.09 Å². The summed E-state index contributed by atoms with van der Waals surface area (Å²) in [5, 5.41) is 0. The van der Waals surface area contributed by atoms with Crippen molar-refractivity contribution in [3.8, 4) is 5.75 Å². The van der Waals surface area contributed by atoms with Gasteiger partial charge in [0.25, 0.3) is 0 Å². The Morgan fingerprint density at radius 1 is 1.33 bits per heavy atom. The number of likely N-dealkylation sites (tertiary alicyclic amines) is 1. The van der Waals surface area contributed by atoms with E-state index < -0.39 is 5.60 Å². The molecule has 1 aromatic rings. The van der Waals surface area contributed by atoms with Crippen LogP contribution in [0.1, 0.15) is 40.5 Å². The lowest BCUT2D eigenvalue weighted by Crippen LogP contribution is -2.49. The lowest BCUT2D eigenvalue weighted by molar-refractivity contribution is -0.00103. The van der Waals surface area contributed by atoms with Gasteiger partial charge >= 0.3 is 6.09 Å². The number of hydrogen-bond acceptors (Lipinski definition) is 4. The van der Waals surface area contributed by atoms with Crippen LogP contribution in [0.25, 0.3) is 0 Å². The van der Waals surface area contributed by atoms with Crippen LogP contribution in [0, 0.1) is 0 Å². The maximum Gasteiger partial charge on any atom is 0.410 e. The van der Waals surface area contributed by atoms with Gasteiger partial charge in [-0.2, -0.15) is 0 Å². The minimum atomic E-state index is -0.457. The Labute approximate surface area is 126 Å². The summed E-state index contributed by atoms with van der Waals surface area (Å²) in [5.74, 6) is 0.827. The molecule has 2 heterocycles. The summed E-state index contributed by atoms with van der Waals surface area (Å²) in [6, 6.07) is 3.82. The monoisotopic (exact) mass is 292 g/mol. The molecule has 0 unspecified atom stereocenters. The van der Waals surface area contributed by atoms with Crippen molar-refractivity contribution in [3.63, 3.8) is 0 Å². The van der Waals surface area contributed by atoms with Crippen LogP contribution in [0.15, 0.2) is 24.5 Å². The second-order valence-corrected chi connectivity index (χ2v) is 6.47. The Bertz CT molecular complexity index is 470. The number of rotatable bonds is 2. The predicted molar refractivity (Wildman–Crippen MR) is 80.3 cm³/mol. The molecule has 116 valence electrons. The molecule has 0 radical (unpaired) electrons. The van der Waals surface area contributed by atoms with Gasteiger partial charge in [-0.15, -0.1) is 0 Å². The van der Waals surface area contributed by atoms with Gasteiger partial charge in [0.1, 0.15) is 17.5 Å². The van der Waals surface area contributed by atoms with Gasteiger partial charge in [0.15, 0.2) is 0 Å². The van der Waals surface area contributed by atoms with Crippen molar-refractivity contribution in [2.24, 2.45) is 0 Å². The Balaban J connectivity index is 1.89. The molecule has 5 nitrogen and oxygen atoms in total. The van der Waals surface area contributed by atoms with E-state index in [1.54, 1.807) is 17.3 Å². The summed E-state index contributed by atoms with van der Waals surface area (Å²) in [6.07, 6.45) is 4.94. The lowest BCUT2D eigenvalue weighted by Gasteiger charge is -2.38. The fourth-order valence-corrected chi connectivity index (χ4v) is 2.44. The zero-order valence-electron chi connectivity index (χ0n) is 13.2. The van der Waals surface area contributed by atoms with Crippen molar-refractivity contribution in [1.82, 2.24) is 9.88 Å². The highest BCUT2D eigenvalue weighted by atomic mass is 16.6. The molecule has 0 saturated carbocycles. The number of amides is 1. The molecule has 1 saturated heterocycles. The first-order valence-corrected chi connectivity index (χ1v) is 7.41. The summed E-state index contributed by atoms with van der Waals surface area (Å²) in [4.78, 5) is 17.9. The number of ether oxygens (including phenoxy) is 2. The summed E-state index contributed by atoms with van der Waals surface area (Å²) >= 11 is 0. The standard InChI is InChI=1S/C16H24N2O3/c1-12-11-14(20-13-5-8-17-9-6-13)7-10-18(12)15(19)21-16(2,3)4/h5-6,8-9,12,14H,7,10-11H2,1-4H3/t12-,14+/m0/s1. The van der Waals surface area contributed by atoms with E-state index in [4.69, 9.17) is 9.47 Å². The van der Waals surface area contributed by atoms with Crippen LogP contribution < -0.4 is 4.74 Å². The first kappa shape index (κ1) is 15.6. The molecule has 0 aromatic carbocycles. The van der Waals surface area contributed by atoms with Crippen molar-refractivity contribution < 1.29 is 14.3 Å². The smallest absolute Gasteiger partial charge is 0.410 e. The highest BCUT2D eigenvalue weighted by Gasteiger charge is 2.32. The normalized spacial score (nSPS) is 22.8. The average molecular weight is 292 g/mol. The molecule has 2 atom stereocenters. The molecule has 1 aromatic heterocycles. The minimum Gasteiger partial charge on any atom is -0.490 e. The third kappa shape index (κ3) is 4.62. The first-order valence-electron chi connectivity index (χ1n) is 7.41. The summed E-state index contributed by atoms with van der Waals surface area (Å²) in [6.45, 7) is 8.34. The zero-order chi connectivity index (χ0) is 15.5. The zero-order valence-corrected chi connectivity index (χ0v) is 13.2. The third-order valence-electron chi connectivity index (χ3n) is 3.41. The van der Waals surface area contributed by atoms with E-state index in [-0.39, 0.29) is 18.2 Å². The first-order chi connectivity index (χ1) is 9.85. The van der Waals surface area contributed by atoms with Crippen LogP contribution in [0.3, 0.4) is 0 Å². The average Bonchev–Trinajstić information content (AvgIpc) is 2.37. The van der Waals surface area contributed by atoms with Gasteiger partial charge in [-0.05, 0) is 39.8 Å². The van der Waals surface area contributed by atoms with Crippen LogP contribution in [-0.2, 0) is 4.74 Å². The second kappa shape index (κ2) is 6.33. The fourth-order valence-electron chi connectivity index (χ4n) is 2.44. The van der Waals surface area contributed by atoms with Gasteiger partial charge in [-0.25, -0.2) is 4.79 Å². The molecule has 0 bridgehead atoms. The van der Waals surface area contributed by atoms with Crippen LogP contribution in [0.2, 0.25) is 0 Å². The van der Waals surface area contributed by atoms with Crippen LogP contribution in [0.5, 0.6) is 5.75 Å². The van der Waals surface area contributed by atoms with Crippen molar-refractivity contribution in [2.75, 3.05) is 6.54 Å². The molecule has 1 fully saturated rings. The Hall–Kier alpha value is -1.78. The highest BCUT2D eigenvalue weighted by molar-refractivity contribution is 5.68. The quantitative estimate of drug-likeness (QED) is 0.839. The van der Waals surface area contributed by atoms with Gasteiger partial charge in [0.2, 0.25) is 0 Å². The lowest BCUT2D eigenvalue weighted by atomic mass is 10.0. The molecule has 1 aliphatic rings.